The molecule has 0 saturated carbocycles. The molecule has 0 atom stereocenters. The molecule has 0 bridgehead atoms. The van der Waals surface area contributed by atoms with Crippen LogP contribution < -0.4 is 10.6 Å². The van der Waals surface area contributed by atoms with Gasteiger partial charge in [-0.3, -0.25) is 9.59 Å². The van der Waals surface area contributed by atoms with Crippen LogP contribution in [0.1, 0.15) is 0 Å². The first-order valence-electron chi connectivity index (χ1n) is 6.92. The number of benzene rings is 2. The Kier molecular flexibility index (Phi) is 3.87. The van der Waals surface area contributed by atoms with Crippen molar-refractivity contribution in [3.8, 4) is 0 Å². The summed E-state index contributed by atoms with van der Waals surface area (Å²) in [5.41, 5.74) is 1.62. The fourth-order valence-electron chi connectivity index (χ4n) is 2.22. The second kappa shape index (κ2) is 6.13. The SMILES string of the molecule is O=C1C=CC(=O)N1C(Nc1ccccc1)Nc1ccccc1. The minimum atomic E-state index is -0.667. The Bertz CT molecular complexity index is 639. The standard InChI is InChI=1S/C17H15N3O2/c21-15-11-12-16(22)20(15)17(18-13-7-3-1-4-8-13)19-14-9-5-2-6-10-14/h1-12,17-19H. The van der Waals surface area contributed by atoms with Gasteiger partial charge in [-0.05, 0) is 24.3 Å². The Morgan fingerprint density at radius 2 is 1.09 bits per heavy atom. The van der Waals surface area contributed by atoms with Crippen molar-refractivity contribution < 1.29 is 9.59 Å². The molecule has 1 aliphatic rings. The Morgan fingerprint density at radius 1 is 0.682 bits per heavy atom. The lowest BCUT2D eigenvalue weighted by Crippen LogP contribution is -2.49. The average Bonchev–Trinajstić information content (AvgIpc) is 2.88. The molecule has 0 unspecified atom stereocenters. The van der Waals surface area contributed by atoms with E-state index in [1.807, 2.05) is 60.7 Å². The fraction of sp³-hybridized carbons (Fsp3) is 0.0588. The van der Waals surface area contributed by atoms with Crippen LogP contribution in [0.3, 0.4) is 0 Å². The summed E-state index contributed by atoms with van der Waals surface area (Å²) in [6.07, 6.45) is 1.88. The number of rotatable bonds is 5. The summed E-state index contributed by atoms with van der Waals surface area (Å²) in [4.78, 5) is 25.0. The highest BCUT2D eigenvalue weighted by Gasteiger charge is 2.31. The van der Waals surface area contributed by atoms with Crippen molar-refractivity contribution >= 4 is 23.2 Å². The number of hydrogen-bond acceptors (Lipinski definition) is 4. The minimum absolute atomic E-state index is 0.345. The van der Waals surface area contributed by atoms with Crippen LogP contribution in [0.2, 0.25) is 0 Å². The maximum atomic E-state index is 11.9. The van der Waals surface area contributed by atoms with Crippen LogP contribution in [0, 0.1) is 0 Å². The topological polar surface area (TPSA) is 61.4 Å². The molecule has 1 aliphatic heterocycles. The Morgan fingerprint density at radius 3 is 1.50 bits per heavy atom. The summed E-state index contributed by atoms with van der Waals surface area (Å²) >= 11 is 0. The van der Waals surface area contributed by atoms with E-state index in [2.05, 4.69) is 10.6 Å². The number of para-hydroxylation sites is 2. The molecule has 0 fully saturated rings. The van der Waals surface area contributed by atoms with E-state index in [1.165, 1.54) is 12.2 Å². The van der Waals surface area contributed by atoms with Crippen molar-refractivity contribution in [2.45, 2.75) is 6.29 Å². The summed E-state index contributed by atoms with van der Waals surface area (Å²) in [7, 11) is 0. The molecule has 2 aromatic carbocycles. The van der Waals surface area contributed by atoms with E-state index in [4.69, 9.17) is 0 Å². The summed E-state index contributed by atoms with van der Waals surface area (Å²) in [6, 6.07) is 18.8. The lowest BCUT2D eigenvalue weighted by molar-refractivity contribution is -0.138. The van der Waals surface area contributed by atoms with E-state index in [1.54, 1.807) is 0 Å². The lowest BCUT2D eigenvalue weighted by atomic mass is 10.3. The number of amides is 2. The zero-order valence-corrected chi connectivity index (χ0v) is 11.8. The first-order chi connectivity index (χ1) is 10.7. The van der Waals surface area contributed by atoms with Gasteiger partial charge in [0.05, 0.1) is 0 Å². The molecule has 2 N–H and O–H groups in total. The Labute approximate surface area is 128 Å². The molecular weight excluding hydrogens is 278 g/mol. The van der Waals surface area contributed by atoms with Crippen molar-refractivity contribution in [2.75, 3.05) is 10.6 Å². The van der Waals surface area contributed by atoms with Crippen LogP contribution in [-0.2, 0) is 9.59 Å². The predicted octanol–water partition coefficient (Wildman–Crippen LogP) is 2.42. The fourth-order valence-corrected chi connectivity index (χ4v) is 2.22. The van der Waals surface area contributed by atoms with Gasteiger partial charge in [0.25, 0.3) is 11.8 Å². The highest BCUT2D eigenvalue weighted by atomic mass is 16.2. The van der Waals surface area contributed by atoms with Crippen molar-refractivity contribution in [1.29, 1.82) is 0 Å². The highest BCUT2D eigenvalue weighted by molar-refractivity contribution is 6.13. The third kappa shape index (κ3) is 2.98. The number of nitrogens with one attached hydrogen (secondary N) is 2. The average molecular weight is 293 g/mol. The van der Waals surface area contributed by atoms with Gasteiger partial charge in [0.1, 0.15) is 0 Å². The molecule has 0 spiro atoms. The summed E-state index contributed by atoms with van der Waals surface area (Å²) < 4.78 is 0. The van der Waals surface area contributed by atoms with Gasteiger partial charge >= 0.3 is 0 Å². The summed E-state index contributed by atoms with van der Waals surface area (Å²) in [5.74, 6) is -0.691. The predicted molar refractivity (Wildman–Crippen MR) is 84.9 cm³/mol. The number of carbonyl (C=O) groups excluding carboxylic acids is 2. The van der Waals surface area contributed by atoms with Crippen LogP contribution in [0.5, 0.6) is 0 Å². The van der Waals surface area contributed by atoms with Crippen molar-refractivity contribution in [3.63, 3.8) is 0 Å². The Balaban J connectivity index is 1.85. The molecule has 0 aromatic heterocycles. The van der Waals surface area contributed by atoms with E-state index < -0.39 is 6.29 Å². The second-order valence-corrected chi connectivity index (χ2v) is 4.80. The van der Waals surface area contributed by atoms with Crippen LogP contribution in [0.15, 0.2) is 72.8 Å². The van der Waals surface area contributed by atoms with Gasteiger partial charge < -0.3 is 10.6 Å². The van der Waals surface area contributed by atoms with Crippen molar-refractivity contribution in [3.05, 3.63) is 72.8 Å². The maximum Gasteiger partial charge on any atom is 0.256 e. The van der Waals surface area contributed by atoms with Gasteiger partial charge in [0, 0.05) is 23.5 Å². The number of carbonyl (C=O) groups is 2. The smallest absolute Gasteiger partial charge is 0.256 e. The van der Waals surface area contributed by atoms with Gasteiger partial charge in [-0.1, -0.05) is 36.4 Å². The zero-order chi connectivity index (χ0) is 15.4. The van der Waals surface area contributed by atoms with Gasteiger partial charge in [0.15, 0.2) is 6.29 Å². The van der Waals surface area contributed by atoms with Crippen LogP contribution in [0.4, 0.5) is 11.4 Å². The van der Waals surface area contributed by atoms with Crippen molar-refractivity contribution in [2.24, 2.45) is 0 Å². The summed E-state index contributed by atoms with van der Waals surface area (Å²) in [5, 5.41) is 6.33. The normalized spacial score (nSPS) is 13.8. The number of anilines is 2. The van der Waals surface area contributed by atoms with Gasteiger partial charge in [-0.25, -0.2) is 4.90 Å². The quantitative estimate of drug-likeness (QED) is 0.656. The third-order valence-corrected chi connectivity index (χ3v) is 3.26. The molecule has 0 aliphatic carbocycles. The molecule has 0 saturated heterocycles. The number of hydrogen-bond donors (Lipinski definition) is 2. The molecule has 110 valence electrons. The van der Waals surface area contributed by atoms with Gasteiger partial charge in [-0.2, -0.15) is 0 Å². The molecule has 22 heavy (non-hydrogen) atoms. The molecule has 1 heterocycles. The van der Waals surface area contributed by atoms with E-state index in [0.717, 1.165) is 16.3 Å². The first kappa shape index (κ1) is 13.9. The second-order valence-electron chi connectivity index (χ2n) is 4.80. The van der Waals surface area contributed by atoms with E-state index in [0.29, 0.717) is 0 Å². The Hall–Kier alpha value is -3.08. The van der Waals surface area contributed by atoms with E-state index >= 15 is 0 Å². The first-order valence-corrected chi connectivity index (χ1v) is 6.92. The van der Waals surface area contributed by atoms with Crippen LogP contribution >= 0.6 is 0 Å². The van der Waals surface area contributed by atoms with E-state index in [9.17, 15) is 9.59 Å². The van der Waals surface area contributed by atoms with Crippen LogP contribution in [-0.4, -0.2) is 23.0 Å². The van der Waals surface area contributed by atoms with Crippen LogP contribution in [0.25, 0.3) is 0 Å². The largest absolute Gasteiger partial charge is 0.348 e. The minimum Gasteiger partial charge on any atom is -0.348 e. The summed E-state index contributed by atoms with van der Waals surface area (Å²) in [6.45, 7) is 0. The molecule has 3 rings (SSSR count). The monoisotopic (exact) mass is 293 g/mol. The number of imide groups is 1. The maximum absolute atomic E-state index is 11.9. The molecule has 2 amide bonds. The lowest BCUT2D eigenvalue weighted by Gasteiger charge is -2.29. The molecule has 2 aromatic rings. The molecule has 5 nitrogen and oxygen atoms in total. The van der Waals surface area contributed by atoms with Crippen molar-refractivity contribution in [1.82, 2.24) is 4.90 Å². The molecule has 5 heteroatoms. The third-order valence-electron chi connectivity index (χ3n) is 3.26. The zero-order valence-electron chi connectivity index (χ0n) is 11.8. The van der Waals surface area contributed by atoms with E-state index in [-0.39, 0.29) is 11.8 Å². The van der Waals surface area contributed by atoms with Gasteiger partial charge in [-0.15, -0.1) is 0 Å². The molecule has 0 radical (unpaired) electrons. The highest BCUT2D eigenvalue weighted by Crippen LogP contribution is 2.16. The molecular formula is C17H15N3O2. The number of nitrogens with zero attached hydrogens (tertiary/aromatic N) is 1. The van der Waals surface area contributed by atoms with Gasteiger partial charge in [0.2, 0.25) is 0 Å².